The minimum atomic E-state index is -0.0371. The third kappa shape index (κ3) is 4.64. The molecular weight excluding hydrogens is 294 g/mol. The highest BCUT2D eigenvalue weighted by Gasteiger charge is 2.07. The summed E-state index contributed by atoms with van der Waals surface area (Å²) >= 11 is 0. The zero-order valence-electron chi connectivity index (χ0n) is 13.6. The van der Waals surface area contributed by atoms with E-state index in [0.29, 0.717) is 24.5 Å². The van der Waals surface area contributed by atoms with Crippen LogP contribution in [0.5, 0.6) is 17.2 Å². The predicted molar refractivity (Wildman–Crippen MR) is 88.1 cm³/mol. The zero-order valence-corrected chi connectivity index (χ0v) is 13.6. The molecule has 122 valence electrons. The van der Waals surface area contributed by atoms with Gasteiger partial charge in [0.15, 0.2) is 11.5 Å². The van der Waals surface area contributed by atoms with Crippen LogP contribution in [0.15, 0.2) is 42.5 Å². The van der Waals surface area contributed by atoms with Gasteiger partial charge in [0.25, 0.3) is 0 Å². The third-order valence-electron chi connectivity index (χ3n) is 3.46. The van der Waals surface area contributed by atoms with Crippen molar-refractivity contribution in [3.63, 3.8) is 0 Å². The summed E-state index contributed by atoms with van der Waals surface area (Å²) in [4.78, 5) is 12.0. The Balaban J connectivity index is 1.90. The van der Waals surface area contributed by atoms with Crippen LogP contribution in [0.3, 0.4) is 0 Å². The molecule has 5 heteroatoms. The number of benzene rings is 2. The third-order valence-corrected chi connectivity index (χ3v) is 3.46. The van der Waals surface area contributed by atoms with Crippen molar-refractivity contribution in [3.05, 3.63) is 53.6 Å². The maximum atomic E-state index is 12.0. The van der Waals surface area contributed by atoms with E-state index >= 15 is 0 Å². The van der Waals surface area contributed by atoms with Gasteiger partial charge in [0, 0.05) is 6.54 Å². The van der Waals surface area contributed by atoms with Gasteiger partial charge >= 0.3 is 0 Å². The van der Waals surface area contributed by atoms with Crippen molar-refractivity contribution in [3.8, 4) is 17.2 Å². The molecule has 0 saturated carbocycles. The average Bonchev–Trinajstić information content (AvgIpc) is 2.60. The Bertz CT molecular complexity index is 653. The monoisotopic (exact) mass is 315 g/mol. The van der Waals surface area contributed by atoms with Crippen LogP contribution in [-0.2, 0) is 17.8 Å². The number of rotatable bonds is 7. The van der Waals surface area contributed by atoms with Gasteiger partial charge in [-0.05, 0) is 35.4 Å². The highest BCUT2D eigenvalue weighted by atomic mass is 16.5. The van der Waals surface area contributed by atoms with Gasteiger partial charge in [0.2, 0.25) is 5.91 Å². The molecule has 0 saturated heterocycles. The summed E-state index contributed by atoms with van der Waals surface area (Å²) in [6.07, 6.45) is 0.331. The van der Waals surface area contributed by atoms with E-state index in [1.165, 1.54) is 0 Å². The van der Waals surface area contributed by atoms with E-state index < -0.39 is 0 Å². The lowest BCUT2D eigenvalue weighted by atomic mass is 10.1. The van der Waals surface area contributed by atoms with Crippen LogP contribution >= 0.6 is 0 Å². The summed E-state index contributed by atoms with van der Waals surface area (Å²) in [5, 5.41) is 2.90. The topological polar surface area (TPSA) is 56.8 Å². The van der Waals surface area contributed by atoms with Crippen LogP contribution in [0.1, 0.15) is 11.1 Å². The Kier molecular flexibility index (Phi) is 5.86. The van der Waals surface area contributed by atoms with Crippen LogP contribution in [0, 0.1) is 0 Å². The van der Waals surface area contributed by atoms with Crippen molar-refractivity contribution < 1.29 is 19.0 Å². The van der Waals surface area contributed by atoms with E-state index in [1.807, 2.05) is 42.5 Å². The highest BCUT2D eigenvalue weighted by Crippen LogP contribution is 2.27. The van der Waals surface area contributed by atoms with Gasteiger partial charge in [-0.1, -0.05) is 18.2 Å². The lowest BCUT2D eigenvalue weighted by Gasteiger charge is -2.10. The minimum absolute atomic E-state index is 0.0371. The van der Waals surface area contributed by atoms with Gasteiger partial charge in [-0.25, -0.2) is 0 Å². The molecule has 0 unspecified atom stereocenters. The average molecular weight is 315 g/mol. The number of carbonyl (C=O) groups excluding carboxylic acids is 1. The van der Waals surface area contributed by atoms with Crippen LogP contribution in [-0.4, -0.2) is 27.2 Å². The molecule has 0 spiro atoms. The van der Waals surface area contributed by atoms with E-state index in [-0.39, 0.29) is 5.91 Å². The first-order valence-electron chi connectivity index (χ1n) is 7.26. The molecule has 0 radical (unpaired) electrons. The van der Waals surface area contributed by atoms with Crippen molar-refractivity contribution in [2.24, 2.45) is 0 Å². The smallest absolute Gasteiger partial charge is 0.224 e. The maximum Gasteiger partial charge on any atom is 0.224 e. The molecule has 2 aromatic carbocycles. The predicted octanol–water partition coefficient (Wildman–Crippen LogP) is 2.57. The summed E-state index contributed by atoms with van der Waals surface area (Å²) in [5.74, 6) is 2.06. The normalized spacial score (nSPS) is 10.0. The summed E-state index contributed by atoms with van der Waals surface area (Å²) in [5.41, 5.74) is 1.89. The van der Waals surface area contributed by atoms with Crippen molar-refractivity contribution >= 4 is 5.91 Å². The molecule has 5 nitrogen and oxygen atoms in total. The second-order valence-electron chi connectivity index (χ2n) is 4.99. The summed E-state index contributed by atoms with van der Waals surface area (Å²) in [6, 6.07) is 13.0. The SMILES string of the molecule is COc1ccc(CC(=O)NCc2ccc(OC)c(OC)c2)cc1. The second-order valence-corrected chi connectivity index (χ2v) is 4.99. The molecule has 0 aliphatic heterocycles. The molecule has 1 amide bonds. The van der Waals surface area contributed by atoms with Crippen LogP contribution < -0.4 is 19.5 Å². The number of ether oxygens (including phenoxy) is 3. The quantitative estimate of drug-likeness (QED) is 0.853. The Hall–Kier alpha value is -2.69. The number of hydrogen-bond donors (Lipinski definition) is 1. The van der Waals surface area contributed by atoms with Gasteiger partial charge in [-0.3, -0.25) is 4.79 Å². The van der Waals surface area contributed by atoms with Crippen molar-refractivity contribution in [2.75, 3.05) is 21.3 Å². The summed E-state index contributed by atoms with van der Waals surface area (Å²) in [6.45, 7) is 0.440. The molecule has 0 aliphatic rings. The van der Waals surface area contributed by atoms with E-state index in [1.54, 1.807) is 21.3 Å². The zero-order chi connectivity index (χ0) is 16.7. The number of carbonyl (C=O) groups is 1. The molecule has 2 aromatic rings. The molecule has 0 aliphatic carbocycles. The molecule has 23 heavy (non-hydrogen) atoms. The fraction of sp³-hybridized carbons (Fsp3) is 0.278. The van der Waals surface area contributed by atoms with Crippen LogP contribution in [0.4, 0.5) is 0 Å². The molecule has 0 heterocycles. The number of hydrogen-bond acceptors (Lipinski definition) is 4. The fourth-order valence-electron chi connectivity index (χ4n) is 2.18. The first-order chi connectivity index (χ1) is 11.2. The Morgan fingerprint density at radius 1 is 0.870 bits per heavy atom. The van der Waals surface area contributed by atoms with Crippen LogP contribution in [0.25, 0.3) is 0 Å². The van der Waals surface area contributed by atoms with E-state index in [0.717, 1.165) is 16.9 Å². The van der Waals surface area contributed by atoms with Gasteiger partial charge in [0.05, 0.1) is 27.8 Å². The van der Waals surface area contributed by atoms with Gasteiger partial charge in [0.1, 0.15) is 5.75 Å². The standard InChI is InChI=1S/C18H21NO4/c1-21-15-7-4-13(5-8-15)11-18(20)19-12-14-6-9-16(22-2)17(10-14)23-3/h4-10H,11-12H2,1-3H3,(H,19,20). The van der Waals surface area contributed by atoms with Crippen molar-refractivity contribution in [2.45, 2.75) is 13.0 Å². The van der Waals surface area contributed by atoms with E-state index in [2.05, 4.69) is 5.32 Å². The molecule has 0 fully saturated rings. The molecule has 0 bridgehead atoms. The first-order valence-corrected chi connectivity index (χ1v) is 7.26. The summed E-state index contributed by atoms with van der Waals surface area (Å²) < 4.78 is 15.5. The molecular formula is C18H21NO4. The first kappa shape index (κ1) is 16.7. The maximum absolute atomic E-state index is 12.0. The van der Waals surface area contributed by atoms with Crippen molar-refractivity contribution in [1.29, 1.82) is 0 Å². The number of amides is 1. The lowest BCUT2D eigenvalue weighted by Crippen LogP contribution is -2.24. The summed E-state index contributed by atoms with van der Waals surface area (Å²) in [7, 11) is 4.79. The van der Waals surface area contributed by atoms with E-state index in [9.17, 15) is 4.79 Å². The molecule has 2 rings (SSSR count). The minimum Gasteiger partial charge on any atom is -0.497 e. The Morgan fingerprint density at radius 3 is 2.13 bits per heavy atom. The lowest BCUT2D eigenvalue weighted by molar-refractivity contribution is -0.120. The fourth-order valence-corrected chi connectivity index (χ4v) is 2.18. The van der Waals surface area contributed by atoms with Gasteiger partial charge in [-0.15, -0.1) is 0 Å². The Morgan fingerprint density at radius 2 is 1.52 bits per heavy atom. The largest absolute Gasteiger partial charge is 0.497 e. The molecule has 1 N–H and O–H groups in total. The number of nitrogens with one attached hydrogen (secondary N) is 1. The molecule has 0 aromatic heterocycles. The van der Waals surface area contributed by atoms with Crippen LogP contribution in [0.2, 0.25) is 0 Å². The van der Waals surface area contributed by atoms with Crippen molar-refractivity contribution in [1.82, 2.24) is 5.32 Å². The second kappa shape index (κ2) is 8.08. The molecule has 0 atom stereocenters. The highest BCUT2D eigenvalue weighted by molar-refractivity contribution is 5.78. The Labute approximate surface area is 136 Å². The van der Waals surface area contributed by atoms with Gasteiger partial charge in [-0.2, -0.15) is 0 Å². The van der Waals surface area contributed by atoms with Gasteiger partial charge < -0.3 is 19.5 Å². The van der Waals surface area contributed by atoms with E-state index in [4.69, 9.17) is 14.2 Å². The number of methoxy groups -OCH3 is 3.